The van der Waals surface area contributed by atoms with E-state index < -0.39 is 9.17 Å². The van der Waals surface area contributed by atoms with Crippen LogP contribution in [0, 0.1) is 0 Å². The molecular formula is CdO3S2SiZn2. The van der Waals surface area contributed by atoms with Crippen molar-refractivity contribution in [1.29, 1.82) is 0 Å². The van der Waals surface area contributed by atoms with Crippen LogP contribution in [-0.4, -0.2) is 9.17 Å². The van der Waals surface area contributed by atoms with Gasteiger partial charge in [-0.3, -0.25) is 0 Å². The second-order valence-electron chi connectivity index (χ2n) is 0.250. The Morgan fingerprint density at radius 2 is 1.00 bits per heavy atom. The summed E-state index contributed by atoms with van der Waals surface area (Å²) in [5, 5.41) is 0. The molecule has 0 aliphatic carbocycles. The second kappa shape index (κ2) is 31.4. The topological polar surface area (TPSA) is 63.2 Å². The Labute approximate surface area is 115 Å². The fourth-order valence-corrected chi connectivity index (χ4v) is 0. The molecule has 40 valence electrons. The molecule has 0 aromatic rings. The Bertz CT molecular complexity index is 42.8. The second-order valence-corrected chi connectivity index (χ2v) is 0.750. The maximum atomic E-state index is 8.52. The maximum Gasteiger partial charge on any atom is 2.00 e. The standard InChI is InChI=1S/Cd.O3Si.2S.2Zn/c;1-4(2)3;;;;/q+2;3*-2;2*+2. The van der Waals surface area contributed by atoms with Gasteiger partial charge in [-0.25, -0.2) is 0 Å². The van der Waals surface area contributed by atoms with Crippen molar-refractivity contribution in [3.63, 3.8) is 0 Å². The van der Waals surface area contributed by atoms with Crippen LogP contribution in [0.15, 0.2) is 0 Å². The molecule has 0 aliphatic rings. The van der Waals surface area contributed by atoms with Gasteiger partial charge in [-0.05, 0) is 0 Å². The Kier molecular flexibility index (Phi) is 146. The van der Waals surface area contributed by atoms with E-state index in [1.165, 1.54) is 0 Å². The molecule has 0 radical (unpaired) electrons. The van der Waals surface area contributed by atoms with Crippen LogP contribution in [0.25, 0.3) is 0 Å². The molecule has 0 N–H and O–H groups in total. The number of rotatable bonds is 0. The molecule has 0 aliphatic heterocycles. The first-order valence-corrected chi connectivity index (χ1v) is 1.84. The molecule has 0 fully saturated rings. The van der Waals surface area contributed by atoms with Crippen molar-refractivity contribution in [1.82, 2.24) is 0 Å². The van der Waals surface area contributed by atoms with E-state index >= 15 is 0 Å². The molecule has 0 heterocycles. The van der Waals surface area contributed by atoms with Crippen molar-refractivity contribution in [2.24, 2.45) is 0 Å². The third-order valence-electron chi connectivity index (χ3n) is 0. The van der Waals surface area contributed by atoms with Gasteiger partial charge < -0.3 is 41.0 Å². The first kappa shape index (κ1) is 42.0. The summed E-state index contributed by atoms with van der Waals surface area (Å²) in [4.78, 5) is 17.0. The van der Waals surface area contributed by atoms with Gasteiger partial charge in [0.25, 0.3) is 0 Å². The first-order valence-electron chi connectivity index (χ1n) is 0.612. The van der Waals surface area contributed by atoms with Crippen LogP contribution in [0.3, 0.4) is 0 Å². The summed E-state index contributed by atoms with van der Waals surface area (Å²) in [7, 11) is -3.63. The zero-order valence-corrected chi connectivity index (χ0v) is 17.3. The monoisotopic (exact) mass is 382 g/mol. The fraction of sp³-hybridized carbons (Fsp3) is 0. The van der Waals surface area contributed by atoms with E-state index in [1.54, 1.807) is 0 Å². The molecule has 0 atom stereocenters. The molecule has 0 aromatic carbocycles. The van der Waals surface area contributed by atoms with Gasteiger partial charge in [0.2, 0.25) is 0 Å². The smallest absolute Gasteiger partial charge is 2.00 e. The Morgan fingerprint density at radius 1 is 1.00 bits per heavy atom. The molecule has 9 heteroatoms. The minimum atomic E-state index is -3.63. The summed E-state index contributed by atoms with van der Waals surface area (Å²) in [5.74, 6) is 0. The first-order chi connectivity index (χ1) is 1.73. The van der Waals surface area contributed by atoms with Gasteiger partial charge in [0.05, 0.1) is 0 Å². The van der Waals surface area contributed by atoms with Crippen molar-refractivity contribution in [2.75, 3.05) is 0 Å². The molecule has 0 unspecified atom stereocenters. The van der Waals surface area contributed by atoms with Crippen LogP contribution >= 0.6 is 0 Å². The van der Waals surface area contributed by atoms with Gasteiger partial charge in [-0.1, -0.05) is 0 Å². The van der Waals surface area contributed by atoms with Crippen molar-refractivity contribution in [3.05, 3.63) is 0 Å². The largest absolute Gasteiger partial charge is 2.00 e. The Morgan fingerprint density at radius 3 is 1.00 bits per heavy atom. The minimum absolute atomic E-state index is 0. The fourth-order valence-electron chi connectivity index (χ4n) is 0. The van der Waals surface area contributed by atoms with E-state index in [0.29, 0.717) is 0 Å². The normalized spacial score (nSPS) is 2.67. The third kappa shape index (κ3) is 122. The predicted octanol–water partition coefficient (Wildman–Crippen LogP) is -2.89. The van der Waals surface area contributed by atoms with Crippen LogP contribution in [0.2, 0.25) is 0 Å². The van der Waals surface area contributed by atoms with Gasteiger partial charge in [0.1, 0.15) is 0 Å². The molecule has 0 saturated heterocycles. The van der Waals surface area contributed by atoms with Gasteiger partial charge in [0, 0.05) is 9.17 Å². The quantitative estimate of drug-likeness (QED) is 0.422. The molecule has 0 saturated carbocycles. The van der Waals surface area contributed by atoms with Crippen molar-refractivity contribution >= 4 is 36.2 Å². The average Bonchev–Trinajstić information content (AvgIpc) is 0.811. The number of hydrogen-bond donors (Lipinski definition) is 0. The van der Waals surface area contributed by atoms with Crippen molar-refractivity contribution in [2.45, 2.75) is 0 Å². The zero-order chi connectivity index (χ0) is 3.58. The van der Waals surface area contributed by atoms with Crippen LogP contribution in [0.5, 0.6) is 0 Å². The van der Waals surface area contributed by atoms with Gasteiger partial charge in [-0.2, -0.15) is 0 Å². The van der Waals surface area contributed by atoms with Gasteiger partial charge in [0.15, 0.2) is 0 Å². The molecule has 0 bridgehead atoms. The maximum absolute atomic E-state index is 8.52. The molecule has 0 rings (SSSR count). The molecule has 3 nitrogen and oxygen atoms in total. The predicted molar refractivity (Wildman–Crippen MR) is 21.2 cm³/mol. The van der Waals surface area contributed by atoms with E-state index in [-0.39, 0.29) is 93.2 Å². The van der Waals surface area contributed by atoms with Crippen molar-refractivity contribution in [3.8, 4) is 0 Å². The Hall–Kier alpha value is 2.49. The van der Waals surface area contributed by atoms with Crippen LogP contribution in [-0.2, 0) is 97.7 Å². The summed E-state index contributed by atoms with van der Waals surface area (Å²) in [6, 6.07) is 0. The molecular weight excluding hydrogens is 383 g/mol. The van der Waals surface area contributed by atoms with E-state index in [2.05, 4.69) is 0 Å². The van der Waals surface area contributed by atoms with E-state index in [9.17, 15) is 0 Å². The summed E-state index contributed by atoms with van der Waals surface area (Å²) in [6.07, 6.45) is 0. The summed E-state index contributed by atoms with van der Waals surface area (Å²) < 4.78 is 8.52. The van der Waals surface area contributed by atoms with Crippen LogP contribution in [0.4, 0.5) is 0 Å². The Balaban J connectivity index is -0.00000000450. The molecule has 0 aromatic heterocycles. The molecule has 0 spiro atoms. The molecule has 0 amide bonds. The van der Waals surface area contributed by atoms with Gasteiger partial charge >= 0.3 is 66.3 Å². The third-order valence-corrected chi connectivity index (χ3v) is 0. The molecule has 9 heavy (non-hydrogen) atoms. The van der Waals surface area contributed by atoms with E-state index in [0.717, 1.165) is 0 Å². The minimum Gasteiger partial charge on any atom is -2.00 e. The van der Waals surface area contributed by atoms with Crippen LogP contribution < -0.4 is 9.59 Å². The summed E-state index contributed by atoms with van der Waals surface area (Å²) in [6.45, 7) is 0. The SMILES string of the molecule is O=[Si]([O-])[O-].[Cd+2].[S-2].[S-2].[Zn+2].[Zn+2]. The summed E-state index contributed by atoms with van der Waals surface area (Å²) in [5.41, 5.74) is 0. The van der Waals surface area contributed by atoms with Crippen LogP contribution in [0.1, 0.15) is 0 Å². The zero-order valence-electron chi connectivity index (χ0n) is 4.66. The average molecular weight is 383 g/mol. The van der Waals surface area contributed by atoms with E-state index in [1.807, 2.05) is 0 Å². The number of hydrogen-bond acceptors (Lipinski definition) is 3. The summed E-state index contributed by atoms with van der Waals surface area (Å²) >= 11 is 0. The van der Waals surface area contributed by atoms with E-state index in [4.69, 9.17) is 14.1 Å². The van der Waals surface area contributed by atoms with Crippen molar-refractivity contribution < 1.29 is 80.3 Å². The van der Waals surface area contributed by atoms with Gasteiger partial charge in [-0.15, -0.1) is 0 Å².